The topological polar surface area (TPSA) is 54.5 Å². The average molecular weight is 205 g/mol. The summed E-state index contributed by atoms with van der Waals surface area (Å²) in [6.07, 6.45) is 0.971. The summed E-state index contributed by atoms with van der Waals surface area (Å²) in [7, 11) is 0.554. The van der Waals surface area contributed by atoms with E-state index in [2.05, 4.69) is 0 Å². The number of carbonyl (C=O) groups is 1. The molecule has 1 amide bonds. The molecule has 0 aromatic heterocycles. The van der Waals surface area contributed by atoms with Gasteiger partial charge in [-0.05, 0) is 12.8 Å². The molecule has 1 aliphatic heterocycles. The predicted molar refractivity (Wildman–Crippen MR) is 50.1 cm³/mol. The highest BCUT2D eigenvalue weighted by Crippen LogP contribution is 2.20. The first-order valence-electron chi connectivity index (χ1n) is 4.34. The van der Waals surface area contributed by atoms with E-state index >= 15 is 0 Å². The molecule has 0 saturated carbocycles. The van der Waals surface area contributed by atoms with Gasteiger partial charge in [-0.2, -0.15) is 0 Å². The van der Waals surface area contributed by atoms with Crippen molar-refractivity contribution < 1.29 is 13.2 Å². The number of rotatable bonds is 1. The van der Waals surface area contributed by atoms with Crippen molar-refractivity contribution in [3.05, 3.63) is 0 Å². The van der Waals surface area contributed by atoms with E-state index in [4.69, 9.17) is 0 Å². The third-order valence-corrected chi connectivity index (χ3v) is 4.06. The summed E-state index contributed by atoms with van der Waals surface area (Å²) in [5.74, 6) is 0.294. The molecule has 0 bridgehead atoms. The molecule has 1 fully saturated rings. The fraction of sp³-hybridized carbons (Fsp3) is 0.875. The minimum Gasteiger partial charge on any atom is -0.349 e. The quantitative estimate of drug-likeness (QED) is 0.600. The zero-order valence-electron chi connectivity index (χ0n) is 7.99. The SMILES string of the molecule is CN(C)C(=O)C1CCS(=O)(=O)CC1. The number of hydrogen-bond donors (Lipinski definition) is 0. The summed E-state index contributed by atoms with van der Waals surface area (Å²) >= 11 is 0. The Bertz CT molecular complexity index is 281. The molecule has 0 spiro atoms. The van der Waals surface area contributed by atoms with Crippen LogP contribution < -0.4 is 0 Å². The molecule has 0 radical (unpaired) electrons. The molecule has 1 rings (SSSR count). The monoisotopic (exact) mass is 205 g/mol. The Morgan fingerprint density at radius 1 is 1.23 bits per heavy atom. The largest absolute Gasteiger partial charge is 0.349 e. The maximum Gasteiger partial charge on any atom is 0.225 e. The molecule has 1 heterocycles. The zero-order chi connectivity index (χ0) is 10.1. The van der Waals surface area contributed by atoms with Gasteiger partial charge in [0.05, 0.1) is 11.5 Å². The fourth-order valence-electron chi connectivity index (χ4n) is 1.50. The Labute approximate surface area is 78.8 Å². The number of hydrogen-bond acceptors (Lipinski definition) is 3. The van der Waals surface area contributed by atoms with Gasteiger partial charge in [-0.3, -0.25) is 4.79 Å². The smallest absolute Gasteiger partial charge is 0.225 e. The number of sulfone groups is 1. The summed E-state index contributed by atoms with van der Waals surface area (Å²) < 4.78 is 22.1. The van der Waals surface area contributed by atoms with Gasteiger partial charge in [0.15, 0.2) is 0 Å². The number of nitrogens with zero attached hydrogens (tertiary/aromatic N) is 1. The van der Waals surface area contributed by atoms with Crippen molar-refractivity contribution in [1.29, 1.82) is 0 Å². The third-order valence-electron chi connectivity index (χ3n) is 2.34. The highest BCUT2D eigenvalue weighted by molar-refractivity contribution is 7.91. The van der Waals surface area contributed by atoms with Crippen LogP contribution in [0.1, 0.15) is 12.8 Å². The predicted octanol–water partition coefficient (Wildman–Crippen LogP) is -0.101. The van der Waals surface area contributed by atoms with E-state index in [1.165, 1.54) is 4.90 Å². The third kappa shape index (κ3) is 2.69. The lowest BCUT2D eigenvalue weighted by atomic mass is 10.0. The summed E-state index contributed by atoms with van der Waals surface area (Å²) in [5.41, 5.74) is 0. The van der Waals surface area contributed by atoms with Gasteiger partial charge in [0.1, 0.15) is 9.84 Å². The van der Waals surface area contributed by atoms with Crippen molar-refractivity contribution in [3.8, 4) is 0 Å². The van der Waals surface area contributed by atoms with Crippen molar-refractivity contribution in [2.75, 3.05) is 25.6 Å². The van der Waals surface area contributed by atoms with Crippen LogP contribution in [0.25, 0.3) is 0 Å². The van der Waals surface area contributed by atoms with Crippen LogP contribution in [0.15, 0.2) is 0 Å². The van der Waals surface area contributed by atoms with E-state index in [9.17, 15) is 13.2 Å². The maximum atomic E-state index is 11.4. The van der Waals surface area contributed by atoms with Gasteiger partial charge in [0.2, 0.25) is 5.91 Å². The van der Waals surface area contributed by atoms with Crippen molar-refractivity contribution in [1.82, 2.24) is 4.90 Å². The molecule has 5 heteroatoms. The molecule has 0 aromatic carbocycles. The Morgan fingerprint density at radius 2 is 1.69 bits per heavy atom. The highest BCUT2D eigenvalue weighted by Gasteiger charge is 2.28. The molecule has 0 aromatic rings. The molecule has 4 nitrogen and oxygen atoms in total. The fourth-order valence-corrected chi connectivity index (χ4v) is 2.99. The van der Waals surface area contributed by atoms with Crippen LogP contribution in [-0.2, 0) is 14.6 Å². The van der Waals surface area contributed by atoms with E-state index in [0.29, 0.717) is 12.8 Å². The number of carbonyl (C=O) groups excluding carboxylic acids is 1. The zero-order valence-corrected chi connectivity index (χ0v) is 8.80. The molecule has 0 N–H and O–H groups in total. The van der Waals surface area contributed by atoms with Crippen LogP contribution in [0.2, 0.25) is 0 Å². The number of amides is 1. The van der Waals surface area contributed by atoms with Gasteiger partial charge >= 0.3 is 0 Å². The maximum absolute atomic E-state index is 11.4. The van der Waals surface area contributed by atoms with E-state index in [0.717, 1.165) is 0 Å². The van der Waals surface area contributed by atoms with Crippen LogP contribution in [0.4, 0.5) is 0 Å². The van der Waals surface area contributed by atoms with Crippen LogP contribution in [-0.4, -0.2) is 44.8 Å². The molecular formula is C8H15NO3S. The Morgan fingerprint density at radius 3 is 2.08 bits per heavy atom. The summed E-state index contributed by atoms with van der Waals surface area (Å²) in [6, 6.07) is 0. The van der Waals surface area contributed by atoms with E-state index in [1.54, 1.807) is 14.1 Å². The molecule has 1 aliphatic rings. The van der Waals surface area contributed by atoms with Gasteiger partial charge in [-0.1, -0.05) is 0 Å². The van der Waals surface area contributed by atoms with Gasteiger partial charge in [0, 0.05) is 20.0 Å². The van der Waals surface area contributed by atoms with Crippen LogP contribution in [0.3, 0.4) is 0 Å². The van der Waals surface area contributed by atoms with Gasteiger partial charge in [-0.15, -0.1) is 0 Å². The standard InChI is InChI=1S/C8H15NO3S/c1-9(2)8(10)7-3-5-13(11,12)6-4-7/h7H,3-6H2,1-2H3. The second-order valence-electron chi connectivity index (χ2n) is 3.66. The lowest BCUT2D eigenvalue weighted by Crippen LogP contribution is -2.35. The van der Waals surface area contributed by atoms with Crippen molar-refractivity contribution in [3.63, 3.8) is 0 Å². The van der Waals surface area contributed by atoms with Crippen LogP contribution in [0, 0.1) is 5.92 Å². The highest BCUT2D eigenvalue weighted by atomic mass is 32.2. The molecule has 13 heavy (non-hydrogen) atoms. The Kier molecular flexibility index (Phi) is 2.95. The second-order valence-corrected chi connectivity index (χ2v) is 5.96. The van der Waals surface area contributed by atoms with Crippen LogP contribution in [0.5, 0.6) is 0 Å². The molecular weight excluding hydrogens is 190 g/mol. The lowest BCUT2D eigenvalue weighted by Gasteiger charge is -2.23. The molecule has 0 aliphatic carbocycles. The summed E-state index contributed by atoms with van der Waals surface area (Å²) in [4.78, 5) is 13.0. The molecule has 76 valence electrons. The minimum atomic E-state index is -2.85. The van der Waals surface area contributed by atoms with Gasteiger partial charge < -0.3 is 4.90 Å². The minimum absolute atomic E-state index is 0.0508. The van der Waals surface area contributed by atoms with Gasteiger partial charge in [0.25, 0.3) is 0 Å². The average Bonchev–Trinajstić information content (AvgIpc) is 2.03. The van der Waals surface area contributed by atoms with Crippen molar-refractivity contribution >= 4 is 15.7 Å². The second kappa shape index (κ2) is 3.65. The van der Waals surface area contributed by atoms with E-state index in [1.807, 2.05) is 0 Å². The summed E-state index contributed by atoms with van der Waals surface area (Å²) in [6.45, 7) is 0. The van der Waals surface area contributed by atoms with Crippen molar-refractivity contribution in [2.24, 2.45) is 5.92 Å². The summed E-state index contributed by atoms with van der Waals surface area (Å²) in [5, 5.41) is 0. The van der Waals surface area contributed by atoms with Crippen LogP contribution >= 0.6 is 0 Å². The Hall–Kier alpha value is -0.580. The Balaban J connectivity index is 2.55. The van der Waals surface area contributed by atoms with Crippen molar-refractivity contribution in [2.45, 2.75) is 12.8 Å². The lowest BCUT2D eigenvalue weighted by molar-refractivity contribution is -0.133. The molecule has 0 atom stereocenters. The normalized spacial score (nSPS) is 22.6. The van der Waals surface area contributed by atoms with Gasteiger partial charge in [-0.25, -0.2) is 8.42 Å². The molecule has 1 saturated heterocycles. The molecule has 0 unspecified atom stereocenters. The first-order chi connectivity index (χ1) is 5.92. The first-order valence-corrected chi connectivity index (χ1v) is 6.16. The van der Waals surface area contributed by atoms with E-state index in [-0.39, 0.29) is 23.3 Å². The van der Waals surface area contributed by atoms with E-state index < -0.39 is 9.84 Å². The first kappa shape index (κ1) is 10.5.